The summed E-state index contributed by atoms with van der Waals surface area (Å²) < 4.78 is 0. The van der Waals surface area contributed by atoms with Crippen molar-refractivity contribution in [3.8, 4) is 0 Å². The van der Waals surface area contributed by atoms with E-state index in [0.717, 1.165) is 18.3 Å². The largest absolute Gasteiger partial charge is 0.295 e. The third kappa shape index (κ3) is 1.97. The first-order valence-electron chi connectivity index (χ1n) is 6.76. The molecule has 0 aromatic carbocycles. The van der Waals surface area contributed by atoms with Gasteiger partial charge in [0, 0.05) is 6.42 Å². The van der Waals surface area contributed by atoms with Crippen molar-refractivity contribution in [2.24, 2.45) is 23.7 Å². The van der Waals surface area contributed by atoms with Gasteiger partial charge in [-0.2, -0.15) is 0 Å². The van der Waals surface area contributed by atoms with Crippen LogP contribution in [0.2, 0.25) is 0 Å². The monoisotopic (exact) mass is 220 g/mol. The Balaban J connectivity index is 2.30. The topological polar surface area (TPSA) is 17.1 Å². The first-order valence-corrected chi connectivity index (χ1v) is 6.76. The van der Waals surface area contributed by atoms with Gasteiger partial charge in [-0.1, -0.05) is 33.3 Å². The van der Waals surface area contributed by atoms with Crippen molar-refractivity contribution in [3.63, 3.8) is 0 Å². The van der Waals surface area contributed by atoms with Gasteiger partial charge in [0.1, 0.15) is 0 Å². The normalized spacial score (nSPS) is 35.6. The molecule has 2 rings (SSSR count). The van der Waals surface area contributed by atoms with E-state index in [-0.39, 0.29) is 0 Å². The van der Waals surface area contributed by atoms with Crippen LogP contribution in [-0.2, 0) is 4.79 Å². The van der Waals surface area contributed by atoms with Crippen molar-refractivity contribution in [2.75, 3.05) is 0 Å². The maximum atomic E-state index is 12.0. The molecule has 0 saturated heterocycles. The minimum absolute atomic E-state index is 0.444. The van der Waals surface area contributed by atoms with Crippen molar-refractivity contribution in [3.05, 3.63) is 11.1 Å². The molecule has 0 aromatic rings. The van der Waals surface area contributed by atoms with E-state index >= 15 is 0 Å². The fourth-order valence-corrected chi connectivity index (χ4v) is 3.42. The molecule has 1 unspecified atom stereocenters. The lowest BCUT2D eigenvalue weighted by atomic mass is 9.84. The molecule has 0 bridgehead atoms. The van der Waals surface area contributed by atoms with Crippen LogP contribution in [0.15, 0.2) is 11.1 Å². The van der Waals surface area contributed by atoms with Crippen LogP contribution in [0.5, 0.6) is 0 Å². The third-order valence-corrected chi connectivity index (χ3v) is 4.62. The number of carbonyl (C=O) groups excluding carboxylic acids is 1. The zero-order chi connectivity index (χ0) is 11.9. The van der Waals surface area contributed by atoms with Crippen LogP contribution < -0.4 is 0 Å². The number of hydrogen-bond acceptors (Lipinski definition) is 1. The van der Waals surface area contributed by atoms with E-state index in [2.05, 4.69) is 27.7 Å². The molecule has 2 aliphatic rings. The average Bonchev–Trinajstić information content (AvgIpc) is 2.39. The maximum absolute atomic E-state index is 12.0. The molecule has 90 valence electrons. The standard InChI is InChI=1S/C15H24O/c1-9(2)12-6-5-10(3)15-13(8-12)11(4)7-14(15)16/h9-12H,5-8H2,1-4H3/t10-,11-,12?/m0/s1. The Morgan fingerprint density at radius 3 is 2.38 bits per heavy atom. The van der Waals surface area contributed by atoms with Crippen LogP contribution >= 0.6 is 0 Å². The van der Waals surface area contributed by atoms with Gasteiger partial charge in [-0.05, 0) is 48.5 Å². The molecule has 0 aliphatic heterocycles. The van der Waals surface area contributed by atoms with E-state index in [4.69, 9.17) is 0 Å². The summed E-state index contributed by atoms with van der Waals surface area (Å²) in [6.07, 6.45) is 4.47. The molecule has 1 nitrogen and oxygen atoms in total. The highest BCUT2D eigenvalue weighted by molar-refractivity contribution is 5.99. The SMILES string of the molecule is CC(C)C1CC[C@H](C)C2=C(C1)[C@@H](C)CC2=O. The summed E-state index contributed by atoms with van der Waals surface area (Å²) in [5.74, 6) is 3.02. The Morgan fingerprint density at radius 2 is 1.75 bits per heavy atom. The Labute approximate surface area is 99.3 Å². The van der Waals surface area contributed by atoms with Gasteiger partial charge in [-0.15, -0.1) is 0 Å². The van der Waals surface area contributed by atoms with Crippen molar-refractivity contribution in [1.82, 2.24) is 0 Å². The van der Waals surface area contributed by atoms with Crippen LogP contribution in [0.3, 0.4) is 0 Å². The summed E-state index contributed by atoms with van der Waals surface area (Å²) in [6.45, 7) is 9.12. The van der Waals surface area contributed by atoms with Gasteiger partial charge >= 0.3 is 0 Å². The number of carbonyl (C=O) groups is 1. The molecule has 0 saturated carbocycles. The van der Waals surface area contributed by atoms with Crippen LogP contribution in [0, 0.1) is 23.7 Å². The van der Waals surface area contributed by atoms with E-state index in [0.29, 0.717) is 17.6 Å². The maximum Gasteiger partial charge on any atom is 0.159 e. The summed E-state index contributed by atoms with van der Waals surface area (Å²) in [7, 11) is 0. The molecule has 0 radical (unpaired) electrons. The number of rotatable bonds is 1. The van der Waals surface area contributed by atoms with Crippen LogP contribution in [0.1, 0.15) is 53.4 Å². The molecule has 16 heavy (non-hydrogen) atoms. The van der Waals surface area contributed by atoms with Crippen LogP contribution in [-0.4, -0.2) is 5.78 Å². The fraction of sp³-hybridized carbons (Fsp3) is 0.800. The lowest BCUT2D eigenvalue weighted by Gasteiger charge is -2.21. The molecular weight excluding hydrogens is 196 g/mol. The first kappa shape index (κ1) is 11.9. The highest BCUT2D eigenvalue weighted by atomic mass is 16.1. The predicted molar refractivity (Wildman–Crippen MR) is 67.2 cm³/mol. The Kier molecular flexibility index (Phi) is 3.23. The van der Waals surface area contributed by atoms with Crippen molar-refractivity contribution in [1.29, 1.82) is 0 Å². The fourth-order valence-electron chi connectivity index (χ4n) is 3.42. The smallest absolute Gasteiger partial charge is 0.159 e. The Bertz CT molecular complexity index is 324. The van der Waals surface area contributed by atoms with E-state index in [1.54, 1.807) is 0 Å². The minimum atomic E-state index is 0.444. The summed E-state index contributed by atoms with van der Waals surface area (Å²) in [5, 5.41) is 0. The predicted octanol–water partition coefficient (Wildman–Crippen LogP) is 3.98. The lowest BCUT2D eigenvalue weighted by molar-refractivity contribution is -0.115. The molecule has 0 heterocycles. The molecule has 0 aromatic heterocycles. The third-order valence-electron chi connectivity index (χ3n) is 4.62. The van der Waals surface area contributed by atoms with E-state index in [1.807, 2.05) is 0 Å². The molecule has 0 spiro atoms. The Morgan fingerprint density at radius 1 is 1.06 bits per heavy atom. The summed E-state index contributed by atoms with van der Waals surface area (Å²) >= 11 is 0. The summed E-state index contributed by atoms with van der Waals surface area (Å²) in [4.78, 5) is 12.0. The molecule has 1 heteroatoms. The first-order chi connectivity index (χ1) is 7.50. The molecule has 0 amide bonds. The minimum Gasteiger partial charge on any atom is -0.295 e. The van der Waals surface area contributed by atoms with Crippen molar-refractivity contribution in [2.45, 2.75) is 53.4 Å². The second-order valence-corrected chi connectivity index (χ2v) is 6.15. The number of allylic oxidation sites excluding steroid dienone is 2. The highest BCUT2D eigenvalue weighted by Gasteiger charge is 2.35. The zero-order valence-corrected chi connectivity index (χ0v) is 11.0. The second kappa shape index (κ2) is 4.35. The van der Waals surface area contributed by atoms with Crippen LogP contribution in [0.4, 0.5) is 0 Å². The number of ketones is 1. The van der Waals surface area contributed by atoms with Gasteiger partial charge in [-0.3, -0.25) is 4.79 Å². The Hall–Kier alpha value is -0.590. The number of hydrogen-bond donors (Lipinski definition) is 0. The van der Waals surface area contributed by atoms with E-state index < -0.39 is 0 Å². The zero-order valence-electron chi connectivity index (χ0n) is 11.0. The molecule has 3 atom stereocenters. The van der Waals surface area contributed by atoms with E-state index in [9.17, 15) is 4.79 Å². The summed E-state index contributed by atoms with van der Waals surface area (Å²) in [5.41, 5.74) is 2.73. The van der Waals surface area contributed by atoms with Gasteiger partial charge in [0.15, 0.2) is 5.78 Å². The van der Waals surface area contributed by atoms with Gasteiger partial charge < -0.3 is 0 Å². The van der Waals surface area contributed by atoms with Gasteiger partial charge in [0.05, 0.1) is 0 Å². The second-order valence-electron chi connectivity index (χ2n) is 6.15. The van der Waals surface area contributed by atoms with Crippen molar-refractivity contribution < 1.29 is 4.79 Å². The molecular formula is C15H24O. The van der Waals surface area contributed by atoms with Gasteiger partial charge in [-0.25, -0.2) is 0 Å². The lowest BCUT2D eigenvalue weighted by Crippen LogP contribution is -2.11. The molecule has 2 aliphatic carbocycles. The number of Topliss-reactive ketones (excluding diaryl/α,β-unsaturated/α-hetero) is 1. The van der Waals surface area contributed by atoms with E-state index in [1.165, 1.54) is 30.4 Å². The van der Waals surface area contributed by atoms with Gasteiger partial charge in [0.2, 0.25) is 0 Å². The van der Waals surface area contributed by atoms with Crippen molar-refractivity contribution >= 4 is 5.78 Å². The highest BCUT2D eigenvalue weighted by Crippen LogP contribution is 2.43. The quantitative estimate of drug-likeness (QED) is 0.653. The molecule has 0 N–H and O–H groups in total. The summed E-state index contributed by atoms with van der Waals surface area (Å²) in [6, 6.07) is 0. The average molecular weight is 220 g/mol. The van der Waals surface area contributed by atoms with Crippen LogP contribution in [0.25, 0.3) is 0 Å². The van der Waals surface area contributed by atoms with Gasteiger partial charge in [0.25, 0.3) is 0 Å². The molecule has 0 fully saturated rings.